The van der Waals surface area contributed by atoms with Gasteiger partial charge in [-0.3, -0.25) is 19.1 Å². The smallest absolute Gasteiger partial charge is 0.329 e. The van der Waals surface area contributed by atoms with Crippen molar-refractivity contribution in [3.63, 3.8) is 0 Å². The molecule has 4 rings (SSSR count). The monoisotopic (exact) mass is 436 g/mol. The summed E-state index contributed by atoms with van der Waals surface area (Å²) in [5.74, 6) is 0.683. The third kappa shape index (κ3) is 4.44. The molecule has 1 aliphatic rings. The van der Waals surface area contributed by atoms with Crippen molar-refractivity contribution in [2.24, 2.45) is 0 Å². The van der Waals surface area contributed by atoms with E-state index >= 15 is 0 Å². The zero-order chi connectivity index (χ0) is 22.8. The number of nitrogens with one attached hydrogen (secondary N) is 2. The molecule has 3 aromatic rings. The molecule has 1 aromatic carbocycles. The lowest BCUT2D eigenvalue weighted by Crippen LogP contribution is -2.36. The first-order valence-electron chi connectivity index (χ1n) is 11.0. The summed E-state index contributed by atoms with van der Waals surface area (Å²) in [4.78, 5) is 45.4. The van der Waals surface area contributed by atoms with Crippen molar-refractivity contribution in [2.75, 3.05) is 7.11 Å². The van der Waals surface area contributed by atoms with E-state index in [0.717, 1.165) is 29.8 Å². The molecule has 2 N–H and O–H groups in total. The standard InChI is InChI=1S/C24H28N4O4/c1-4-10-28-21-20(23(30)27-24(28)31)18(13-19(26-21)16-8-9-16)22(29)25-14(2)11-15-6-5-7-17(12-15)32-3/h5-7,12-14,16H,4,8-11H2,1-3H3,(H,25,29)(H,27,30,31). The van der Waals surface area contributed by atoms with Gasteiger partial charge in [0.05, 0.1) is 18.1 Å². The van der Waals surface area contributed by atoms with Crippen LogP contribution in [0.5, 0.6) is 5.75 Å². The highest BCUT2D eigenvalue weighted by molar-refractivity contribution is 6.05. The molecule has 1 aliphatic carbocycles. The molecule has 1 amide bonds. The highest BCUT2D eigenvalue weighted by Crippen LogP contribution is 2.39. The molecule has 2 heterocycles. The number of amides is 1. The first kappa shape index (κ1) is 21.8. The lowest BCUT2D eigenvalue weighted by molar-refractivity contribution is 0.0941. The van der Waals surface area contributed by atoms with Crippen LogP contribution in [-0.2, 0) is 13.0 Å². The number of pyridine rings is 1. The minimum absolute atomic E-state index is 0.161. The fraction of sp³-hybridized carbons (Fsp3) is 0.417. The molecule has 0 spiro atoms. The van der Waals surface area contributed by atoms with E-state index in [2.05, 4.69) is 15.3 Å². The van der Waals surface area contributed by atoms with Gasteiger partial charge in [-0.2, -0.15) is 0 Å². The predicted molar refractivity (Wildman–Crippen MR) is 123 cm³/mol. The number of aromatic amines is 1. The minimum atomic E-state index is -0.585. The Morgan fingerprint density at radius 3 is 2.78 bits per heavy atom. The Hall–Kier alpha value is -3.42. The molecule has 1 unspecified atom stereocenters. The lowest BCUT2D eigenvalue weighted by Gasteiger charge is -2.17. The van der Waals surface area contributed by atoms with Crippen LogP contribution in [0.2, 0.25) is 0 Å². The fourth-order valence-electron chi connectivity index (χ4n) is 4.00. The van der Waals surface area contributed by atoms with Crippen LogP contribution >= 0.6 is 0 Å². The van der Waals surface area contributed by atoms with Crippen LogP contribution < -0.4 is 21.3 Å². The van der Waals surface area contributed by atoms with Crippen molar-refractivity contribution >= 4 is 16.9 Å². The Morgan fingerprint density at radius 1 is 1.31 bits per heavy atom. The second-order valence-corrected chi connectivity index (χ2v) is 8.41. The summed E-state index contributed by atoms with van der Waals surface area (Å²) in [7, 11) is 1.62. The quantitative estimate of drug-likeness (QED) is 0.565. The fourth-order valence-corrected chi connectivity index (χ4v) is 4.00. The Balaban J connectivity index is 1.70. The molecule has 168 valence electrons. The number of aromatic nitrogens is 3. The number of carbonyl (C=O) groups is 1. The molecule has 32 heavy (non-hydrogen) atoms. The van der Waals surface area contributed by atoms with Crippen LogP contribution in [0.3, 0.4) is 0 Å². The Morgan fingerprint density at radius 2 is 2.09 bits per heavy atom. The van der Waals surface area contributed by atoms with E-state index in [-0.39, 0.29) is 34.5 Å². The van der Waals surface area contributed by atoms with Gasteiger partial charge in [0.15, 0.2) is 5.65 Å². The number of aryl methyl sites for hydroxylation is 1. The summed E-state index contributed by atoms with van der Waals surface area (Å²) in [6.45, 7) is 4.28. The van der Waals surface area contributed by atoms with E-state index < -0.39 is 11.2 Å². The summed E-state index contributed by atoms with van der Waals surface area (Å²) in [5, 5.41) is 3.17. The van der Waals surface area contributed by atoms with Crippen LogP contribution in [-0.4, -0.2) is 33.6 Å². The molecule has 0 saturated heterocycles. The van der Waals surface area contributed by atoms with Gasteiger partial charge in [0, 0.05) is 24.2 Å². The van der Waals surface area contributed by atoms with Gasteiger partial charge < -0.3 is 10.1 Å². The summed E-state index contributed by atoms with van der Waals surface area (Å²) >= 11 is 0. The molecule has 8 nitrogen and oxygen atoms in total. The van der Waals surface area contributed by atoms with Gasteiger partial charge in [0.25, 0.3) is 11.5 Å². The number of rotatable bonds is 8. The van der Waals surface area contributed by atoms with E-state index in [1.54, 1.807) is 13.2 Å². The van der Waals surface area contributed by atoms with Gasteiger partial charge in [-0.25, -0.2) is 9.78 Å². The first-order valence-corrected chi connectivity index (χ1v) is 11.0. The molecule has 0 bridgehead atoms. The number of benzene rings is 1. The van der Waals surface area contributed by atoms with Gasteiger partial charge in [-0.1, -0.05) is 19.1 Å². The van der Waals surface area contributed by atoms with Gasteiger partial charge in [-0.15, -0.1) is 0 Å². The Labute approximate surface area is 185 Å². The maximum atomic E-state index is 13.3. The van der Waals surface area contributed by atoms with Gasteiger partial charge in [-0.05, 0) is 56.4 Å². The molecule has 8 heteroatoms. The summed E-state index contributed by atoms with van der Waals surface area (Å²) < 4.78 is 6.73. The highest BCUT2D eigenvalue weighted by Gasteiger charge is 2.29. The Bertz CT molecular complexity index is 1270. The topological polar surface area (TPSA) is 106 Å². The second-order valence-electron chi connectivity index (χ2n) is 8.41. The molecular formula is C24H28N4O4. The average molecular weight is 437 g/mol. The molecule has 1 atom stereocenters. The largest absolute Gasteiger partial charge is 0.497 e. The molecular weight excluding hydrogens is 408 g/mol. The maximum Gasteiger partial charge on any atom is 0.329 e. The molecule has 0 radical (unpaired) electrons. The van der Waals surface area contributed by atoms with Crippen molar-refractivity contribution in [1.82, 2.24) is 19.9 Å². The molecule has 2 aromatic heterocycles. The average Bonchev–Trinajstić information content (AvgIpc) is 3.61. The summed E-state index contributed by atoms with van der Waals surface area (Å²) in [6, 6.07) is 9.23. The van der Waals surface area contributed by atoms with Crippen molar-refractivity contribution in [2.45, 2.75) is 58.0 Å². The van der Waals surface area contributed by atoms with Gasteiger partial charge >= 0.3 is 5.69 Å². The van der Waals surface area contributed by atoms with E-state index in [1.807, 2.05) is 38.1 Å². The van der Waals surface area contributed by atoms with E-state index in [0.29, 0.717) is 19.4 Å². The van der Waals surface area contributed by atoms with Crippen LogP contribution in [0, 0.1) is 0 Å². The maximum absolute atomic E-state index is 13.3. The SMILES string of the molecule is CCCn1c(=O)[nH]c(=O)c2c(C(=O)NC(C)Cc3cccc(OC)c3)cc(C3CC3)nc21. The number of fused-ring (bicyclic) bond motifs is 1. The number of hydrogen-bond acceptors (Lipinski definition) is 5. The summed E-state index contributed by atoms with van der Waals surface area (Å²) in [5.41, 5.74) is 1.26. The highest BCUT2D eigenvalue weighted by atomic mass is 16.5. The zero-order valence-electron chi connectivity index (χ0n) is 18.6. The molecule has 1 saturated carbocycles. The third-order valence-electron chi connectivity index (χ3n) is 5.71. The number of nitrogens with zero attached hydrogens (tertiary/aromatic N) is 2. The Kier molecular flexibility index (Phi) is 6.12. The van der Waals surface area contributed by atoms with Crippen molar-refractivity contribution in [1.29, 1.82) is 0 Å². The van der Waals surface area contributed by atoms with Crippen LogP contribution in [0.1, 0.15) is 60.6 Å². The van der Waals surface area contributed by atoms with Crippen molar-refractivity contribution in [3.8, 4) is 5.75 Å². The van der Waals surface area contributed by atoms with E-state index in [1.165, 1.54) is 4.57 Å². The second kappa shape index (κ2) is 8.98. The van der Waals surface area contributed by atoms with Crippen LogP contribution in [0.15, 0.2) is 39.9 Å². The number of ether oxygens (including phenoxy) is 1. The summed E-state index contributed by atoms with van der Waals surface area (Å²) in [6.07, 6.45) is 3.30. The van der Waals surface area contributed by atoms with Crippen molar-refractivity contribution in [3.05, 3.63) is 68.0 Å². The predicted octanol–water partition coefficient (Wildman–Crippen LogP) is 2.74. The van der Waals surface area contributed by atoms with Crippen LogP contribution in [0.25, 0.3) is 11.0 Å². The number of hydrogen-bond donors (Lipinski definition) is 2. The van der Waals surface area contributed by atoms with Gasteiger partial charge in [0.2, 0.25) is 0 Å². The van der Waals surface area contributed by atoms with E-state index in [9.17, 15) is 14.4 Å². The van der Waals surface area contributed by atoms with Crippen molar-refractivity contribution < 1.29 is 9.53 Å². The minimum Gasteiger partial charge on any atom is -0.497 e. The normalized spacial score (nSPS) is 14.3. The third-order valence-corrected chi connectivity index (χ3v) is 5.71. The van der Waals surface area contributed by atoms with Crippen LogP contribution in [0.4, 0.5) is 0 Å². The molecule has 1 fully saturated rings. The number of carbonyl (C=O) groups excluding carboxylic acids is 1. The lowest BCUT2D eigenvalue weighted by atomic mass is 10.0. The first-order chi connectivity index (χ1) is 15.4. The van der Waals surface area contributed by atoms with E-state index in [4.69, 9.17) is 4.74 Å². The molecule has 0 aliphatic heterocycles. The zero-order valence-corrected chi connectivity index (χ0v) is 18.6. The van der Waals surface area contributed by atoms with Gasteiger partial charge in [0.1, 0.15) is 5.75 Å². The number of H-pyrrole nitrogens is 1. The number of methoxy groups -OCH3 is 1.